The van der Waals surface area contributed by atoms with Crippen LogP contribution in [0.2, 0.25) is 0 Å². The zero-order valence-corrected chi connectivity index (χ0v) is 16.9. The molecule has 2 aliphatic rings. The summed E-state index contributed by atoms with van der Waals surface area (Å²) in [5, 5.41) is 2.41. The highest BCUT2D eigenvalue weighted by molar-refractivity contribution is 7.96. The van der Waals surface area contributed by atoms with Crippen molar-refractivity contribution in [2.75, 3.05) is 18.6 Å². The van der Waals surface area contributed by atoms with Gasteiger partial charge in [0.15, 0.2) is 19.7 Å². The molecule has 26 heavy (non-hydrogen) atoms. The Hall–Kier alpha value is -1.12. The van der Waals surface area contributed by atoms with Crippen LogP contribution in [0.15, 0.2) is 23.1 Å². The third kappa shape index (κ3) is 4.07. The van der Waals surface area contributed by atoms with E-state index in [-0.39, 0.29) is 22.4 Å². The van der Waals surface area contributed by atoms with Gasteiger partial charge < -0.3 is 10.1 Å². The maximum Gasteiger partial charge on any atom is 0.183 e. The van der Waals surface area contributed by atoms with E-state index in [9.17, 15) is 16.8 Å². The van der Waals surface area contributed by atoms with Crippen molar-refractivity contribution in [3.63, 3.8) is 0 Å². The van der Waals surface area contributed by atoms with Crippen molar-refractivity contribution >= 4 is 19.7 Å². The number of sulfone groups is 2. The van der Waals surface area contributed by atoms with Gasteiger partial charge in [0.05, 0.1) is 28.8 Å². The summed E-state index contributed by atoms with van der Waals surface area (Å²) in [6.45, 7) is 1.78. The summed E-state index contributed by atoms with van der Waals surface area (Å²) < 4.78 is 56.0. The standard InChI is InChI=1S/C18H27NO5S2/c1-13-10-15(8-9-17(13)24-2)26(22,23)18-12-25(20,21)11-16(18)19-14-6-4-3-5-7-14/h8-10,14,16,18-19H,3-7,11-12H2,1-2H3/t16-,18-/m0/s1. The predicted molar refractivity (Wildman–Crippen MR) is 101 cm³/mol. The molecule has 0 spiro atoms. The maximum absolute atomic E-state index is 13.2. The van der Waals surface area contributed by atoms with Crippen LogP contribution in [0.1, 0.15) is 37.7 Å². The highest BCUT2D eigenvalue weighted by Gasteiger charge is 2.46. The van der Waals surface area contributed by atoms with Crippen molar-refractivity contribution in [1.82, 2.24) is 5.32 Å². The Morgan fingerprint density at radius 3 is 2.42 bits per heavy atom. The molecule has 2 atom stereocenters. The Labute approximate surface area is 156 Å². The molecular weight excluding hydrogens is 374 g/mol. The molecule has 1 aliphatic carbocycles. The van der Waals surface area contributed by atoms with Gasteiger partial charge in [0.25, 0.3) is 0 Å². The average molecular weight is 402 g/mol. The molecule has 1 N–H and O–H groups in total. The molecule has 1 saturated heterocycles. The number of benzene rings is 1. The minimum Gasteiger partial charge on any atom is -0.496 e. The fraction of sp³-hybridized carbons (Fsp3) is 0.667. The van der Waals surface area contributed by atoms with E-state index < -0.39 is 31.0 Å². The van der Waals surface area contributed by atoms with Crippen molar-refractivity contribution in [3.8, 4) is 5.75 Å². The highest BCUT2D eigenvalue weighted by atomic mass is 32.2. The monoisotopic (exact) mass is 401 g/mol. The van der Waals surface area contributed by atoms with Gasteiger partial charge in [-0.15, -0.1) is 0 Å². The minimum absolute atomic E-state index is 0.109. The van der Waals surface area contributed by atoms with Crippen molar-refractivity contribution in [2.24, 2.45) is 0 Å². The van der Waals surface area contributed by atoms with E-state index in [2.05, 4.69) is 5.32 Å². The molecule has 0 unspecified atom stereocenters. The number of rotatable bonds is 5. The van der Waals surface area contributed by atoms with Gasteiger partial charge in [0, 0.05) is 12.1 Å². The third-order valence-corrected chi connectivity index (χ3v) is 9.60. The number of methoxy groups -OCH3 is 1. The number of ether oxygens (including phenoxy) is 1. The second kappa shape index (κ2) is 7.48. The molecule has 1 saturated carbocycles. The molecule has 1 aliphatic heterocycles. The van der Waals surface area contributed by atoms with E-state index in [1.165, 1.54) is 19.6 Å². The summed E-state index contributed by atoms with van der Waals surface area (Å²) in [4.78, 5) is 0.161. The van der Waals surface area contributed by atoms with Crippen LogP contribution in [-0.4, -0.2) is 52.8 Å². The summed E-state index contributed by atoms with van der Waals surface area (Å²) >= 11 is 0. The van der Waals surface area contributed by atoms with E-state index in [0.29, 0.717) is 11.3 Å². The van der Waals surface area contributed by atoms with Crippen molar-refractivity contribution in [2.45, 2.75) is 61.3 Å². The van der Waals surface area contributed by atoms with Crippen LogP contribution in [0.3, 0.4) is 0 Å². The van der Waals surface area contributed by atoms with Crippen molar-refractivity contribution < 1.29 is 21.6 Å². The Kier molecular flexibility index (Phi) is 5.65. The van der Waals surface area contributed by atoms with Crippen LogP contribution in [0.25, 0.3) is 0 Å². The maximum atomic E-state index is 13.2. The first-order chi connectivity index (χ1) is 12.2. The third-order valence-electron chi connectivity index (χ3n) is 5.45. The number of hydrogen-bond donors (Lipinski definition) is 1. The molecule has 0 bridgehead atoms. The zero-order valence-electron chi connectivity index (χ0n) is 15.3. The molecular formula is C18H27NO5S2. The molecule has 6 nitrogen and oxygen atoms in total. The van der Waals surface area contributed by atoms with Gasteiger partial charge >= 0.3 is 0 Å². The lowest BCUT2D eigenvalue weighted by atomic mass is 9.95. The minimum atomic E-state index is -3.75. The fourth-order valence-corrected chi connectivity index (χ4v) is 8.81. The van der Waals surface area contributed by atoms with E-state index >= 15 is 0 Å². The molecule has 0 aromatic heterocycles. The molecule has 0 radical (unpaired) electrons. The van der Waals surface area contributed by atoms with Gasteiger partial charge in [-0.25, -0.2) is 16.8 Å². The van der Waals surface area contributed by atoms with E-state index in [0.717, 1.165) is 25.7 Å². The highest BCUT2D eigenvalue weighted by Crippen LogP contribution is 2.30. The molecule has 3 rings (SSSR count). The summed E-state index contributed by atoms with van der Waals surface area (Å²) in [6.07, 6.45) is 5.35. The molecule has 1 aromatic carbocycles. The summed E-state index contributed by atoms with van der Waals surface area (Å²) in [5.74, 6) is 0.188. The van der Waals surface area contributed by atoms with Crippen LogP contribution in [0.5, 0.6) is 5.75 Å². The Morgan fingerprint density at radius 2 is 1.81 bits per heavy atom. The number of aryl methyl sites for hydroxylation is 1. The van der Waals surface area contributed by atoms with Crippen molar-refractivity contribution in [3.05, 3.63) is 23.8 Å². The average Bonchev–Trinajstić information content (AvgIpc) is 2.90. The Balaban J connectivity index is 1.88. The first-order valence-corrected chi connectivity index (χ1v) is 12.4. The lowest BCUT2D eigenvalue weighted by molar-refractivity contribution is 0.345. The smallest absolute Gasteiger partial charge is 0.183 e. The van der Waals surface area contributed by atoms with Crippen LogP contribution < -0.4 is 10.1 Å². The van der Waals surface area contributed by atoms with E-state index in [1.54, 1.807) is 19.1 Å². The number of nitrogens with one attached hydrogen (secondary N) is 1. The van der Waals surface area contributed by atoms with Gasteiger partial charge in [0.1, 0.15) is 5.75 Å². The topological polar surface area (TPSA) is 89.5 Å². The molecule has 2 fully saturated rings. The Bertz CT molecular complexity index is 858. The lowest BCUT2D eigenvalue weighted by Crippen LogP contribution is -2.48. The van der Waals surface area contributed by atoms with Gasteiger partial charge in [-0.2, -0.15) is 0 Å². The van der Waals surface area contributed by atoms with Crippen LogP contribution in [0.4, 0.5) is 0 Å². The molecule has 146 valence electrons. The van der Waals surface area contributed by atoms with Crippen molar-refractivity contribution in [1.29, 1.82) is 0 Å². The summed E-state index contributed by atoms with van der Waals surface area (Å²) in [7, 11) is -5.60. The van der Waals surface area contributed by atoms with Crippen LogP contribution >= 0.6 is 0 Å². The largest absolute Gasteiger partial charge is 0.496 e. The fourth-order valence-electron chi connectivity index (χ4n) is 4.05. The second-order valence-corrected chi connectivity index (χ2v) is 11.7. The van der Waals surface area contributed by atoms with Crippen LogP contribution in [0, 0.1) is 6.92 Å². The molecule has 1 aromatic rings. The Morgan fingerprint density at radius 1 is 1.12 bits per heavy atom. The van der Waals surface area contributed by atoms with Gasteiger partial charge in [0.2, 0.25) is 0 Å². The van der Waals surface area contributed by atoms with Gasteiger partial charge in [-0.1, -0.05) is 19.3 Å². The van der Waals surface area contributed by atoms with E-state index in [4.69, 9.17) is 4.74 Å². The second-order valence-electron chi connectivity index (χ2n) is 7.40. The summed E-state index contributed by atoms with van der Waals surface area (Å²) in [5.41, 5.74) is 0.714. The molecule has 0 amide bonds. The first kappa shape index (κ1) is 19.6. The van der Waals surface area contributed by atoms with Gasteiger partial charge in [-0.05, 0) is 43.5 Å². The first-order valence-electron chi connectivity index (χ1n) is 9.08. The summed E-state index contributed by atoms with van der Waals surface area (Å²) in [6, 6.07) is 4.35. The zero-order chi connectivity index (χ0) is 18.9. The van der Waals surface area contributed by atoms with E-state index in [1.807, 2.05) is 0 Å². The van der Waals surface area contributed by atoms with Gasteiger partial charge in [-0.3, -0.25) is 0 Å². The molecule has 1 heterocycles. The predicted octanol–water partition coefficient (Wildman–Crippen LogP) is 1.87. The normalized spacial score (nSPS) is 26.7. The quantitative estimate of drug-likeness (QED) is 0.810. The molecule has 8 heteroatoms. The van der Waals surface area contributed by atoms with Crippen LogP contribution in [-0.2, 0) is 19.7 Å². The SMILES string of the molecule is COc1ccc(S(=O)(=O)[C@H]2CS(=O)(=O)C[C@@H]2NC2CCCCC2)cc1C. The number of hydrogen-bond acceptors (Lipinski definition) is 6. The lowest BCUT2D eigenvalue weighted by Gasteiger charge is -2.28.